The Kier molecular flexibility index (Phi) is 5.90. The van der Waals surface area contributed by atoms with Crippen molar-refractivity contribution in [1.82, 2.24) is 15.1 Å². The molecule has 1 aliphatic carbocycles. The molecule has 1 aromatic rings. The predicted molar refractivity (Wildman–Crippen MR) is 80.4 cm³/mol. The summed E-state index contributed by atoms with van der Waals surface area (Å²) in [5, 5.41) is 8.08. The van der Waals surface area contributed by atoms with Crippen LogP contribution in [0.15, 0.2) is 12.3 Å². The first-order chi connectivity index (χ1) is 9.36. The van der Waals surface area contributed by atoms with E-state index in [4.69, 9.17) is 0 Å². The van der Waals surface area contributed by atoms with Gasteiger partial charge in [0.2, 0.25) is 0 Å². The first kappa shape index (κ1) is 14.6. The van der Waals surface area contributed by atoms with E-state index in [0.29, 0.717) is 5.92 Å². The van der Waals surface area contributed by atoms with Crippen LogP contribution in [0.2, 0.25) is 0 Å². The van der Waals surface area contributed by atoms with Crippen LogP contribution in [0.1, 0.15) is 64.0 Å². The Morgan fingerprint density at radius 2 is 2.11 bits per heavy atom. The van der Waals surface area contributed by atoms with Crippen LogP contribution in [0.5, 0.6) is 0 Å². The van der Waals surface area contributed by atoms with Crippen LogP contribution in [-0.4, -0.2) is 22.9 Å². The van der Waals surface area contributed by atoms with Crippen molar-refractivity contribution in [3.8, 4) is 0 Å². The number of nitrogens with one attached hydrogen (secondary N) is 1. The van der Waals surface area contributed by atoms with E-state index in [2.05, 4.69) is 35.0 Å². The van der Waals surface area contributed by atoms with E-state index in [1.54, 1.807) is 0 Å². The summed E-state index contributed by atoms with van der Waals surface area (Å²) < 4.78 is 2.24. The summed E-state index contributed by atoms with van der Waals surface area (Å²) in [5.41, 5.74) is 1.48. The molecule has 1 heterocycles. The molecule has 3 nitrogen and oxygen atoms in total. The molecule has 1 aromatic heterocycles. The quantitative estimate of drug-likeness (QED) is 0.795. The Hall–Kier alpha value is -0.830. The topological polar surface area (TPSA) is 29.9 Å². The highest BCUT2D eigenvalue weighted by atomic mass is 15.3. The van der Waals surface area contributed by atoms with Crippen LogP contribution in [0.3, 0.4) is 0 Å². The van der Waals surface area contributed by atoms with Crippen LogP contribution in [0, 0.1) is 5.92 Å². The van der Waals surface area contributed by atoms with Gasteiger partial charge in [-0.15, -0.1) is 0 Å². The highest BCUT2D eigenvalue weighted by Crippen LogP contribution is 2.36. The second kappa shape index (κ2) is 7.68. The predicted octanol–water partition coefficient (Wildman–Crippen LogP) is 3.57. The molecule has 2 unspecified atom stereocenters. The second-order valence-corrected chi connectivity index (χ2v) is 5.79. The molecule has 0 amide bonds. The van der Waals surface area contributed by atoms with Crippen LogP contribution in [-0.2, 0) is 6.54 Å². The lowest BCUT2D eigenvalue weighted by molar-refractivity contribution is 0.358. The van der Waals surface area contributed by atoms with Crippen LogP contribution in [0.25, 0.3) is 0 Å². The Balaban J connectivity index is 2.13. The monoisotopic (exact) mass is 263 g/mol. The summed E-state index contributed by atoms with van der Waals surface area (Å²) in [7, 11) is 0. The lowest BCUT2D eigenvalue weighted by atomic mass is 9.85. The summed E-state index contributed by atoms with van der Waals surface area (Å²) in [6.45, 7) is 7.74. The molecule has 108 valence electrons. The molecule has 0 aromatic carbocycles. The van der Waals surface area contributed by atoms with Gasteiger partial charge in [0.1, 0.15) is 0 Å². The first-order valence-corrected chi connectivity index (χ1v) is 8.09. The molecule has 0 saturated heterocycles. The maximum atomic E-state index is 4.52. The minimum atomic E-state index is 0.704. The van der Waals surface area contributed by atoms with E-state index < -0.39 is 0 Å². The summed E-state index contributed by atoms with van der Waals surface area (Å²) >= 11 is 0. The van der Waals surface area contributed by atoms with Crippen LogP contribution in [0.4, 0.5) is 0 Å². The summed E-state index contributed by atoms with van der Waals surface area (Å²) in [5.74, 6) is 1.49. The van der Waals surface area contributed by atoms with Crippen molar-refractivity contribution in [3.05, 3.63) is 18.0 Å². The third kappa shape index (κ3) is 3.82. The SMILES string of the molecule is CCCn1nccc1C1CCCCCC1CNCC. The minimum Gasteiger partial charge on any atom is -0.317 e. The smallest absolute Gasteiger partial charge is 0.0492 e. The molecule has 0 spiro atoms. The molecule has 1 aliphatic rings. The average Bonchev–Trinajstić information content (AvgIpc) is 2.74. The average molecular weight is 263 g/mol. The van der Waals surface area contributed by atoms with Crippen LogP contribution < -0.4 is 5.32 Å². The zero-order chi connectivity index (χ0) is 13.5. The van der Waals surface area contributed by atoms with Crippen molar-refractivity contribution >= 4 is 0 Å². The Morgan fingerprint density at radius 1 is 1.26 bits per heavy atom. The molecule has 3 heteroatoms. The Morgan fingerprint density at radius 3 is 2.89 bits per heavy atom. The number of aromatic nitrogens is 2. The molecule has 1 N–H and O–H groups in total. The van der Waals surface area contributed by atoms with Gasteiger partial charge in [-0.25, -0.2) is 0 Å². The molecule has 2 atom stereocenters. The number of rotatable bonds is 6. The van der Waals surface area contributed by atoms with Gasteiger partial charge in [-0.3, -0.25) is 4.68 Å². The Labute approximate surface area is 117 Å². The molecule has 0 bridgehead atoms. The van der Waals surface area contributed by atoms with E-state index >= 15 is 0 Å². The van der Waals surface area contributed by atoms with Gasteiger partial charge >= 0.3 is 0 Å². The largest absolute Gasteiger partial charge is 0.317 e. The van der Waals surface area contributed by atoms with Crippen LogP contribution >= 0.6 is 0 Å². The van der Waals surface area contributed by atoms with Gasteiger partial charge in [0.25, 0.3) is 0 Å². The summed E-state index contributed by atoms with van der Waals surface area (Å²) in [6.07, 6.45) is 10.0. The molecule has 2 rings (SSSR count). The van der Waals surface area contributed by atoms with Gasteiger partial charge < -0.3 is 5.32 Å². The van der Waals surface area contributed by atoms with Crippen molar-refractivity contribution in [2.75, 3.05) is 13.1 Å². The fourth-order valence-electron chi connectivity index (χ4n) is 3.40. The summed E-state index contributed by atoms with van der Waals surface area (Å²) in [6, 6.07) is 2.25. The minimum absolute atomic E-state index is 0.704. The number of hydrogen-bond acceptors (Lipinski definition) is 2. The highest BCUT2D eigenvalue weighted by Gasteiger charge is 2.27. The molecule has 0 aliphatic heterocycles. The Bertz CT molecular complexity index is 359. The van der Waals surface area contributed by atoms with Gasteiger partial charge in [-0.2, -0.15) is 5.10 Å². The standard InChI is InChI=1S/C16H29N3/c1-3-12-19-16(10-11-18-19)15-9-7-5-6-8-14(15)13-17-4-2/h10-11,14-15,17H,3-9,12-13H2,1-2H3. The van der Waals surface area contributed by atoms with E-state index in [1.807, 2.05) is 6.20 Å². The van der Waals surface area contributed by atoms with Gasteiger partial charge in [-0.05, 0) is 44.3 Å². The fraction of sp³-hybridized carbons (Fsp3) is 0.812. The maximum Gasteiger partial charge on any atom is 0.0492 e. The van der Waals surface area contributed by atoms with E-state index in [-0.39, 0.29) is 0 Å². The van der Waals surface area contributed by atoms with Gasteiger partial charge in [-0.1, -0.05) is 33.1 Å². The molecule has 1 fully saturated rings. The normalized spacial score (nSPS) is 24.3. The van der Waals surface area contributed by atoms with Crippen molar-refractivity contribution in [1.29, 1.82) is 0 Å². The van der Waals surface area contributed by atoms with E-state index in [0.717, 1.165) is 19.0 Å². The molecule has 1 saturated carbocycles. The van der Waals surface area contributed by atoms with Gasteiger partial charge in [0.05, 0.1) is 0 Å². The second-order valence-electron chi connectivity index (χ2n) is 5.79. The highest BCUT2D eigenvalue weighted by molar-refractivity contribution is 5.10. The van der Waals surface area contributed by atoms with Gasteiger partial charge in [0, 0.05) is 24.4 Å². The molecular weight excluding hydrogens is 234 g/mol. The van der Waals surface area contributed by atoms with E-state index in [9.17, 15) is 0 Å². The van der Waals surface area contributed by atoms with Gasteiger partial charge in [0.15, 0.2) is 0 Å². The van der Waals surface area contributed by atoms with E-state index in [1.165, 1.54) is 50.8 Å². The number of nitrogens with zero attached hydrogens (tertiary/aromatic N) is 2. The summed E-state index contributed by atoms with van der Waals surface area (Å²) in [4.78, 5) is 0. The maximum absolute atomic E-state index is 4.52. The zero-order valence-electron chi connectivity index (χ0n) is 12.6. The molecular formula is C16H29N3. The molecule has 19 heavy (non-hydrogen) atoms. The van der Waals surface area contributed by atoms with Crippen molar-refractivity contribution in [2.24, 2.45) is 5.92 Å². The lowest BCUT2D eigenvalue weighted by Crippen LogP contribution is -2.28. The zero-order valence-corrected chi connectivity index (χ0v) is 12.6. The third-order valence-electron chi connectivity index (χ3n) is 4.38. The number of hydrogen-bond donors (Lipinski definition) is 1. The van der Waals surface area contributed by atoms with Crippen molar-refractivity contribution in [3.63, 3.8) is 0 Å². The van der Waals surface area contributed by atoms with Crippen molar-refractivity contribution < 1.29 is 0 Å². The fourth-order valence-corrected chi connectivity index (χ4v) is 3.40. The third-order valence-corrected chi connectivity index (χ3v) is 4.38. The lowest BCUT2D eigenvalue weighted by Gasteiger charge is -2.26. The molecule has 0 radical (unpaired) electrons. The first-order valence-electron chi connectivity index (χ1n) is 8.09. The van der Waals surface area contributed by atoms with Crippen molar-refractivity contribution in [2.45, 2.75) is 64.8 Å². The number of aryl methyl sites for hydroxylation is 1.